The fraction of sp³-hybridized carbons (Fsp3) is 0.211. The molecule has 0 aliphatic carbocycles. The Hall–Kier alpha value is -3.20. The van der Waals surface area contributed by atoms with E-state index in [-0.39, 0.29) is 24.4 Å². The standard InChI is InChI=1S/C19H17N3O5S/c1-12-7-8-14(15(9-12)22(25)26)20-17(23)10-16-19(24)21-18(28-16)11-27-13-5-3-2-4-6-13/h2-9,16H,10-11H2,1H3,(H,20,23)/t16-/m0/s1. The Morgan fingerprint density at radius 1 is 1.29 bits per heavy atom. The van der Waals surface area contributed by atoms with Crippen molar-refractivity contribution < 1.29 is 19.2 Å². The number of anilines is 1. The number of hydrogen-bond donors (Lipinski definition) is 1. The van der Waals surface area contributed by atoms with Crippen LogP contribution < -0.4 is 10.1 Å². The number of nitrogens with zero attached hydrogens (tertiary/aromatic N) is 2. The average Bonchev–Trinajstić information content (AvgIpc) is 3.01. The van der Waals surface area contributed by atoms with Crippen LogP contribution in [0.4, 0.5) is 11.4 Å². The van der Waals surface area contributed by atoms with Crippen LogP contribution in [-0.4, -0.2) is 33.6 Å². The van der Waals surface area contributed by atoms with E-state index in [1.807, 2.05) is 18.2 Å². The van der Waals surface area contributed by atoms with E-state index in [4.69, 9.17) is 4.74 Å². The van der Waals surface area contributed by atoms with Crippen LogP contribution >= 0.6 is 11.8 Å². The van der Waals surface area contributed by atoms with E-state index < -0.39 is 22.0 Å². The molecular formula is C19H17N3O5S. The fourth-order valence-electron chi connectivity index (χ4n) is 2.56. The van der Waals surface area contributed by atoms with Crippen molar-refractivity contribution in [2.75, 3.05) is 11.9 Å². The number of ether oxygens (including phenoxy) is 1. The number of amides is 2. The highest BCUT2D eigenvalue weighted by atomic mass is 32.2. The van der Waals surface area contributed by atoms with Gasteiger partial charge in [-0.15, -0.1) is 0 Å². The Morgan fingerprint density at radius 2 is 2.04 bits per heavy atom. The largest absolute Gasteiger partial charge is 0.487 e. The van der Waals surface area contributed by atoms with Gasteiger partial charge in [0, 0.05) is 12.5 Å². The van der Waals surface area contributed by atoms with Crippen molar-refractivity contribution in [3.63, 3.8) is 0 Å². The highest BCUT2D eigenvalue weighted by molar-refractivity contribution is 8.15. The molecule has 0 saturated carbocycles. The predicted molar refractivity (Wildman–Crippen MR) is 107 cm³/mol. The van der Waals surface area contributed by atoms with Gasteiger partial charge in [-0.05, 0) is 30.7 Å². The lowest BCUT2D eigenvalue weighted by atomic mass is 10.2. The number of nitrogens with one attached hydrogen (secondary N) is 1. The SMILES string of the molecule is Cc1ccc(NC(=O)C[C@@H]2SC(COc3ccccc3)=NC2=O)c([N+](=O)[O-])c1. The van der Waals surface area contributed by atoms with Gasteiger partial charge in [0.2, 0.25) is 5.91 Å². The van der Waals surface area contributed by atoms with Gasteiger partial charge in [0.25, 0.3) is 11.6 Å². The Bertz CT molecular complexity index is 946. The average molecular weight is 399 g/mol. The molecule has 8 nitrogen and oxygen atoms in total. The molecule has 1 heterocycles. The number of hydrogen-bond acceptors (Lipinski definition) is 6. The third-order valence-electron chi connectivity index (χ3n) is 3.89. The minimum absolute atomic E-state index is 0.101. The maximum Gasteiger partial charge on any atom is 0.293 e. The highest BCUT2D eigenvalue weighted by Crippen LogP contribution is 2.28. The van der Waals surface area contributed by atoms with Crippen LogP contribution in [0.3, 0.4) is 0 Å². The molecule has 0 spiro atoms. The Kier molecular flexibility index (Phi) is 6.05. The lowest BCUT2D eigenvalue weighted by Gasteiger charge is -2.09. The van der Waals surface area contributed by atoms with Crippen LogP contribution in [0, 0.1) is 17.0 Å². The first-order valence-corrected chi connectivity index (χ1v) is 9.31. The third kappa shape index (κ3) is 4.95. The molecule has 0 aromatic heterocycles. The molecule has 0 unspecified atom stereocenters. The molecule has 1 atom stereocenters. The number of para-hydroxylation sites is 1. The molecule has 144 valence electrons. The van der Waals surface area contributed by atoms with E-state index in [1.165, 1.54) is 23.9 Å². The first-order valence-electron chi connectivity index (χ1n) is 8.43. The lowest BCUT2D eigenvalue weighted by Crippen LogP contribution is -2.22. The molecule has 0 bridgehead atoms. The Morgan fingerprint density at radius 3 is 2.75 bits per heavy atom. The number of aliphatic imine (C=N–C) groups is 1. The molecule has 1 aliphatic rings. The van der Waals surface area contributed by atoms with Crippen molar-refractivity contribution in [2.45, 2.75) is 18.6 Å². The molecule has 3 rings (SSSR count). The van der Waals surface area contributed by atoms with E-state index in [9.17, 15) is 19.7 Å². The number of nitro benzene ring substituents is 1. The van der Waals surface area contributed by atoms with Gasteiger partial charge in [0.1, 0.15) is 28.3 Å². The third-order valence-corrected chi connectivity index (χ3v) is 5.02. The van der Waals surface area contributed by atoms with E-state index in [0.29, 0.717) is 16.4 Å². The molecule has 1 aliphatic heterocycles. The summed E-state index contributed by atoms with van der Waals surface area (Å²) in [6, 6.07) is 13.6. The molecule has 0 fully saturated rings. The molecule has 9 heteroatoms. The van der Waals surface area contributed by atoms with Crippen LogP contribution in [-0.2, 0) is 9.59 Å². The van der Waals surface area contributed by atoms with E-state index in [1.54, 1.807) is 25.1 Å². The number of thioether (sulfide) groups is 1. The maximum atomic E-state index is 12.3. The zero-order chi connectivity index (χ0) is 20.1. The van der Waals surface area contributed by atoms with Crippen LogP contribution in [0.15, 0.2) is 53.5 Å². The molecule has 2 aromatic rings. The van der Waals surface area contributed by atoms with Gasteiger partial charge in [0.15, 0.2) is 0 Å². The van der Waals surface area contributed by atoms with Crippen molar-refractivity contribution in [3.05, 3.63) is 64.2 Å². The zero-order valence-corrected chi connectivity index (χ0v) is 15.8. The second kappa shape index (κ2) is 8.66. The van der Waals surface area contributed by atoms with Crippen molar-refractivity contribution in [3.8, 4) is 5.75 Å². The quantitative estimate of drug-likeness (QED) is 0.565. The van der Waals surface area contributed by atoms with Gasteiger partial charge < -0.3 is 10.1 Å². The molecular weight excluding hydrogens is 382 g/mol. The van der Waals surface area contributed by atoms with E-state index in [2.05, 4.69) is 10.3 Å². The second-order valence-electron chi connectivity index (χ2n) is 6.08. The van der Waals surface area contributed by atoms with Crippen molar-refractivity contribution >= 4 is 40.0 Å². The van der Waals surface area contributed by atoms with Gasteiger partial charge in [-0.1, -0.05) is 36.0 Å². The summed E-state index contributed by atoms with van der Waals surface area (Å²) in [6.07, 6.45) is -0.132. The fourth-order valence-corrected chi connectivity index (χ4v) is 3.55. The summed E-state index contributed by atoms with van der Waals surface area (Å²) in [5.74, 6) is -0.241. The molecule has 2 aromatic carbocycles. The van der Waals surface area contributed by atoms with Gasteiger partial charge >= 0.3 is 0 Å². The normalized spacial score (nSPS) is 15.8. The second-order valence-corrected chi connectivity index (χ2v) is 7.36. The Labute approximate surface area is 165 Å². The molecule has 28 heavy (non-hydrogen) atoms. The highest BCUT2D eigenvalue weighted by Gasteiger charge is 2.31. The maximum absolute atomic E-state index is 12.3. The molecule has 0 radical (unpaired) electrons. The summed E-state index contributed by atoms with van der Waals surface area (Å²) in [5, 5.41) is 13.5. The summed E-state index contributed by atoms with van der Waals surface area (Å²) in [4.78, 5) is 38.9. The smallest absolute Gasteiger partial charge is 0.293 e. The van der Waals surface area contributed by atoms with Crippen molar-refractivity contribution in [1.82, 2.24) is 0 Å². The van der Waals surface area contributed by atoms with Crippen LogP contribution in [0.1, 0.15) is 12.0 Å². The summed E-state index contributed by atoms with van der Waals surface area (Å²) in [6.45, 7) is 1.87. The lowest BCUT2D eigenvalue weighted by molar-refractivity contribution is -0.384. The summed E-state index contributed by atoms with van der Waals surface area (Å²) in [5.41, 5.74) is 0.624. The topological polar surface area (TPSA) is 111 Å². The monoisotopic (exact) mass is 399 g/mol. The predicted octanol–water partition coefficient (Wildman–Crippen LogP) is 3.35. The van der Waals surface area contributed by atoms with Crippen molar-refractivity contribution in [2.24, 2.45) is 4.99 Å². The minimum Gasteiger partial charge on any atom is -0.487 e. The molecule has 1 N–H and O–H groups in total. The number of rotatable bonds is 7. The van der Waals surface area contributed by atoms with Gasteiger partial charge in [-0.25, -0.2) is 4.99 Å². The van der Waals surface area contributed by atoms with Crippen molar-refractivity contribution in [1.29, 1.82) is 0 Å². The number of aryl methyl sites for hydroxylation is 1. The number of benzene rings is 2. The first-order chi connectivity index (χ1) is 13.4. The summed E-state index contributed by atoms with van der Waals surface area (Å²) >= 11 is 1.17. The summed E-state index contributed by atoms with van der Waals surface area (Å²) < 4.78 is 5.56. The van der Waals surface area contributed by atoms with Gasteiger partial charge in [0.05, 0.1) is 4.92 Å². The molecule has 0 saturated heterocycles. The van der Waals surface area contributed by atoms with Crippen LogP contribution in [0.5, 0.6) is 5.75 Å². The summed E-state index contributed by atoms with van der Waals surface area (Å²) in [7, 11) is 0. The molecule has 2 amide bonds. The Balaban J connectivity index is 1.56. The number of nitro groups is 1. The number of carbonyl (C=O) groups is 2. The van der Waals surface area contributed by atoms with Gasteiger partial charge in [-0.3, -0.25) is 19.7 Å². The van der Waals surface area contributed by atoms with Crippen LogP contribution in [0.2, 0.25) is 0 Å². The zero-order valence-electron chi connectivity index (χ0n) is 15.0. The first kappa shape index (κ1) is 19.6. The van der Waals surface area contributed by atoms with E-state index >= 15 is 0 Å². The number of carbonyl (C=O) groups excluding carboxylic acids is 2. The van der Waals surface area contributed by atoms with E-state index in [0.717, 1.165) is 0 Å². The van der Waals surface area contributed by atoms with Gasteiger partial charge in [-0.2, -0.15) is 0 Å². The van der Waals surface area contributed by atoms with Crippen LogP contribution in [0.25, 0.3) is 0 Å². The minimum atomic E-state index is -0.668.